The summed E-state index contributed by atoms with van der Waals surface area (Å²) in [6, 6.07) is 0.679. The number of alkyl halides is 5. The van der Waals surface area contributed by atoms with Crippen molar-refractivity contribution in [2.24, 2.45) is 0 Å². The molecule has 1 heterocycles. The Balaban J connectivity index is 3.31. The summed E-state index contributed by atoms with van der Waals surface area (Å²) in [6.45, 7) is 4.49. The van der Waals surface area contributed by atoms with E-state index < -0.39 is 23.3 Å². The maximum absolute atomic E-state index is 13.1. The van der Waals surface area contributed by atoms with Crippen molar-refractivity contribution in [2.75, 3.05) is 0 Å². The highest BCUT2D eigenvalue weighted by Crippen LogP contribution is 2.44. The van der Waals surface area contributed by atoms with Gasteiger partial charge in [0, 0.05) is 6.20 Å². The van der Waals surface area contributed by atoms with Gasteiger partial charge in [-0.1, -0.05) is 0 Å². The van der Waals surface area contributed by atoms with Crippen molar-refractivity contribution in [1.82, 2.24) is 9.78 Å². The van der Waals surface area contributed by atoms with Gasteiger partial charge in [-0.2, -0.15) is 27.1 Å². The Morgan fingerprint density at radius 3 is 1.94 bits per heavy atom. The second kappa shape index (κ2) is 3.43. The molecule has 0 N–H and O–H groups in total. The summed E-state index contributed by atoms with van der Waals surface area (Å²) >= 11 is 0. The molecule has 1 aromatic rings. The van der Waals surface area contributed by atoms with E-state index >= 15 is 0 Å². The van der Waals surface area contributed by atoms with Crippen LogP contribution in [0.1, 0.15) is 26.5 Å². The first-order chi connectivity index (χ1) is 6.98. The average Bonchev–Trinajstić information content (AvgIpc) is 2.47. The summed E-state index contributed by atoms with van der Waals surface area (Å²) < 4.78 is 63.4. The lowest BCUT2D eigenvalue weighted by Crippen LogP contribution is -2.39. The molecule has 0 aliphatic carbocycles. The number of aromatic nitrogens is 2. The van der Waals surface area contributed by atoms with E-state index in [0.29, 0.717) is 10.7 Å². The Morgan fingerprint density at radius 2 is 1.56 bits per heavy atom. The second-order valence-electron chi connectivity index (χ2n) is 4.37. The van der Waals surface area contributed by atoms with Crippen LogP contribution in [0.5, 0.6) is 0 Å². The van der Waals surface area contributed by atoms with Gasteiger partial charge in [-0.05, 0) is 26.8 Å². The van der Waals surface area contributed by atoms with Crippen molar-refractivity contribution in [1.29, 1.82) is 0 Å². The van der Waals surface area contributed by atoms with Gasteiger partial charge in [0.15, 0.2) is 0 Å². The molecule has 0 aliphatic rings. The predicted octanol–water partition coefficient (Wildman–Crippen LogP) is 3.29. The van der Waals surface area contributed by atoms with E-state index in [9.17, 15) is 22.0 Å². The largest absolute Gasteiger partial charge is 0.459 e. The fourth-order valence-electron chi connectivity index (χ4n) is 1.22. The standard InChI is InChI=1S/C9H11F5N2/c1-7(2,3)16-6(4-5-15-16)8(10,11)9(12,13)14/h4-5H,1-3H3. The molecule has 0 saturated carbocycles. The number of hydrogen-bond acceptors (Lipinski definition) is 1. The van der Waals surface area contributed by atoms with E-state index in [-0.39, 0.29) is 0 Å². The summed E-state index contributed by atoms with van der Waals surface area (Å²) in [5.41, 5.74) is -2.08. The zero-order chi connectivity index (χ0) is 12.8. The Morgan fingerprint density at radius 1 is 1.06 bits per heavy atom. The van der Waals surface area contributed by atoms with E-state index in [2.05, 4.69) is 5.10 Å². The molecule has 0 aromatic carbocycles. The molecular formula is C9H11F5N2. The van der Waals surface area contributed by atoms with Gasteiger partial charge in [-0.15, -0.1) is 0 Å². The Labute approximate surface area is 89.1 Å². The van der Waals surface area contributed by atoms with Crippen LogP contribution in [0.2, 0.25) is 0 Å². The van der Waals surface area contributed by atoms with E-state index in [4.69, 9.17) is 0 Å². The number of nitrogens with zero attached hydrogens (tertiary/aromatic N) is 2. The van der Waals surface area contributed by atoms with Crippen molar-refractivity contribution < 1.29 is 22.0 Å². The summed E-state index contributed by atoms with van der Waals surface area (Å²) in [5.74, 6) is -4.89. The lowest BCUT2D eigenvalue weighted by molar-refractivity contribution is -0.292. The van der Waals surface area contributed by atoms with Gasteiger partial charge in [0.05, 0.1) is 5.54 Å². The molecule has 0 amide bonds. The number of rotatable bonds is 1. The van der Waals surface area contributed by atoms with Crippen LogP contribution in [0, 0.1) is 0 Å². The number of hydrogen-bond donors (Lipinski definition) is 0. The normalized spacial score (nSPS) is 14.2. The molecule has 1 aromatic heterocycles. The SMILES string of the molecule is CC(C)(C)n1nccc1C(F)(F)C(F)(F)F. The minimum atomic E-state index is -5.62. The fourth-order valence-corrected chi connectivity index (χ4v) is 1.22. The molecule has 0 fully saturated rings. The third kappa shape index (κ3) is 2.03. The monoisotopic (exact) mass is 242 g/mol. The van der Waals surface area contributed by atoms with Gasteiger partial charge >= 0.3 is 12.1 Å². The predicted molar refractivity (Wildman–Crippen MR) is 47.2 cm³/mol. The number of halogens is 5. The maximum atomic E-state index is 13.1. The molecule has 0 atom stereocenters. The zero-order valence-electron chi connectivity index (χ0n) is 8.94. The van der Waals surface area contributed by atoms with Gasteiger partial charge in [0.1, 0.15) is 5.69 Å². The van der Waals surface area contributed by atoms with E-state index in [0.717, 1.165) is 6.20 Å². The smallest absolute Gasteiger partial charge is 0.258 e. The molecule has 0 saturated heterocycles. The van der Waals surface area contributed by atoms with Crippen LogP contribution >= 0.6 is 0 Å². The first-order valence-electron chi connectivity index (χ1n) is 4.47. The molecule has 7 heteroatoms. The molecule has 0 unspecified atom stereocenters. The van der Waals surface area contributed by atoms with E-state index in [1.807, 2.05) is 0 Å². The van der Waals surface area contributed by atoms with Crippen LogP contribution < -0.4 is 0 Å². The molecule has 16 heavy (non-hydrogen) atoms. The summed E-state index contributed by atoms with van der Waals surface area (Å²) in [6.07, 6.45) is -4.68. The first kappa shape index (κ1) is 12.9. The lowest BCUT2D eigenvalue weighted by atomic mass is 10.1. The van der Waals surface area contributed by atoms with Gasteiger partial charge in [-0.25, -0.2) is 0 Å². The molecule has 0 radical (unpaired) electrons. The summed E-state index contributed by atoms with van der Waals surface area (Å²) in [7, 11) is 0. The lowest BCUT2D eigenvalue weighted by Gasteiger charge is -2.27. The van der Waals surface area contributed by atoms with Crippen LogP contribution in [-0.4, -0.2) is 16.0 Å². The van der Waals surface area contributed by atoms with Gasteiger partial charge in [0.2, 0.25) is 0 Å². The Kier molecular flexibility index (Phi) is 2.77. The van der Waals surface area contributed by atoms with Crippen LogP contribution in [0.15, 0.2) is 12.3 Å². The fraction of sp³-hybridized carbons (Fsp3) is 0.667. The quantitative estimate of drug-likeness (QED) is 0.691. The maximum Gasteiger partial charge on any atom is 0.459 e. The molecule has 2 nitrogen and oxygen atoms in total. The minimum Gasteiger partial charge on any atom is -0.258 e. The minimum absolute atomic E-state index is 0.679. The van der Waals surface area contributed by atoms with Crippen molar-refractivity contribution in [3.8, 4) is 0 Å². The highest BCUT2D eigenvalue weighted by Gasteiger charge is 2.61. The third-order valence-electron chi connectivity index (χ3n) is 1.96. The van der Waals surface area contributed by atoms with Crippen molar-refractivity contribution in [2.45, 2.75) is 38.4 Å². The first-order valence-corrected chi connectivity index (χ1v) is 4.47. The topological polar surface area (TPSA) is 17.8 Å². The van der Waals surface area contributed by atoms with Crippen LogP contribution in [0.4, 0.5) is 22.0 Å². The third-order valence-corrected chi connectivity index (χ3v) is 1.96. The van der Waals surface area contributed by atoms with Crippen LogP contribution in [-0.2, 0) is 11.5 Å². The molecule has 1 rings (SSSR count). The second-order valence-corrected chi connectivity index (χ2v) is 4.37. The van der Waals surface area contributed by atoms with Crippen molar-refractivity contribution >= 4 is 0 Å². The van der Waals surface area contributed by atoms with Crippen molar-refractivity contribution in [3.05, 3.63) is 18.0 Å². The average molecular weight is 242 g/mol. The molecule has 0 aliphatic heterocycles. The molecule has 0 spiro atoms. The van der Waals surface area contributed by atoms with Gasteiger partial charge in [-0.3, -0.25) is 4.68 Å². The summed E-state index contributed by atoms with van der Waals surface area (Å²) in [4.78, 5) is 0. The van der Waals surface area contributed by atoms with Crippen LogP contribution in [0.3, 0.4) is 0 Å². The van der Waals surface area contributed by atoms with Gasteiger partial charge < -0.3 is 0 Å². The highest BCUT2D eigenvalue weighted by molar-refractivity contribution is 5.12. The molecular weight excluding hydrogens is 231 g/mol. The summed E-state index contributed by atoms with van der Waals surface area (Å²) in [5, 5.41) is 3.50. The molecule has 0 bridgehead atoms. The van der Waals surface area contributed by atoms with Gasteiger partial charge in [0.25, 0.3) is 0 Å². The van der Waals surface area contributed by atoms with Crippen molar-refractivity contribution in [3.63, 3.8) is 0 Å². The van der Waals surface area contributed by atoms with E-state index in [1.165, 1.54) is 20.8 Å². The zero-order valence-corrected chi connectivity index (χ0v) is 8.94. The molecule has 92 valence electrons. The Bertz CT molecular complexity index is 372. The van der Waals surface area contributed by atoms with E-state index in [1.54, 1.807) is 0 Å². The highest BCUT2D eigenvalue weighted by atomic mass is 19.4. The van der Waals surface area contributed by atoms with Crippen LogP contribution in [0.25, 0.3) is 0 Å². The Hall–Kier alpha value is -1.14.